The predicted octanol–water partition coefficient (Wildman–Crippen LogP) is 3.90. The Hall–Kier alpha value is -2.81. The molecular formula is C21H26BrN5O3. The number of benzene rings is 1. The number of aromatic nitrogens is 4. The van der Waals surface area contributed by atoms with Crippen LogP contribution in [0.1, 0.15) is 30.8 Å². The maximum Gasteiger partial charge on any atom is 0.251 e. The first-order chi connectivity index (χ1) is 14.2. The fourth-order valence-electron chi connectivity index (χ4n) is 3.16. The lowest BCUT2D eigenvalue weighted by Gasteiger charge is -2.24. The van der Waals surface area contributed by atoms with Crippen LogP contribution in [0.2, 0.25) is 0 Å². The summed E-state index contributed by atoms with van der Waals surface area (Å²) in [4.78, 5) is 13.0. The van der Waals surface area contributed by atoms with E-state index < -0.39 is 5.54 Å². The predicted molar refractivity (Wildman–Crippen MR) is 118 cm³/mol. The average molecular weight is 476 g/mol. The normalized spacial score (nSPS) is 11.4. The number of ether oxygens (including phenoxy) is 2. The topological polar surface area (TPSA) is 83.2 Å². The molecule has 0 aliphatic heterocycles. The Labute approximate surface area is 184 Å². The summed E-state index contributed by atoms with van der Waals surface area (Å²) in [6.07, 6.45) is 3.44. The summed E-state index contributed by atoms with van der Waals surface area (Å²) in [5.74, 6) is 1.17. The lowest BCUT2D eigenvalue weighted by atomic mass is 10.0. The van der Waals surface area contributed by atoms with Crippen LogP contribution in [0.5, 0.6) is 11.5 Å². The number of hydrogen-bond acceptors (Lipinski definition) is 5. The van der Waals surface area contributed by atoms with Crippen LogP contribution in [-0.2, 0) is 16.9 Å². The zero-order valence-electron chi connectivity index (χ0n) is 18.0. The second-order valence-electron chi connectivity index (χ2n) is 7.51. The number of anilines is 1. The van der Waals surface area contributed by atoms with Crippen molar-refractivity contribution >= 4 is 27.5 Å². The number of amides is 1. The lowest BCUT2D eigenvalue weighted by Crippen LogP contribution is -2.40. The Morgan fingerprint density at radius 1 is 1.20 bits per heavy atom. The molecule has 160 valence electrons. The number of hydrogen-bond donors (Lipinski definition) is 1. The molecule has 0 spiro atoms. The number of carbonyl (C=O) groups is 1. The number of carbonyl (C=O) groups excluding carboxylic acids is 1. The van der Waals surface area contributed by atoms with Gasteiger partial charge in [0.05, 0.1) is 48.5 Å². The van der Waals surface area contributed by atoms with E-state index in [1.165, 1.54) is 0 Å². The van der Waals surface area contributed by atoms with E-state index in [2.05, 4.69) is 31.4 Å². The Bertz CT molecular complexity index is 1070. The monoisotopic (exact) mass is 475 g/mol. The van der Waals surface area contributed by atoms with Crippen molar-refractivity contribution in [2.24, 2.45) is 0 Å². The SMILES string of the molecule is COc1ccc(Cn2nc(C)c(NC(=O)C(C)(C)n3cc(Br)cn3)c2C)cc1OC. The van der Waals surface area contributed by atoms with E-state index in [4.69, 9.17) is 9.47 Å². The van der Waals surface area contributed by atoms with Crippen molar-refractivity contribution in [3.63, 3.8) is 0 Å². The van der Waals surface area contributed by atoms with Crippen molar-refractivity contribution in [2.75, 3.05) is 19.5 Å². The first-order valence-electron chi connectivity index (χ1n) is 9.44. The summed E-state index contributed by atoms with van der Waals surface area (Å²) < 4.78 is 15.0. The molecule has 0 radical (unpaired) electrons. The maximum atomic E-state index is 13.0. The van der Waals surface area contributed by atoms with E-state index in [1.807, 2.05) is 50.6 Å². The second-order valence-corrected chi connectivity index (χ2v) is 8.42. The highest BCUT2D eigenvalue weighted by molar-refractivity contribution is 9.10. The van der Waals surface area contributed by atoms with Crippen LogP contribution in [0.3, 0.4) is 0 Å². The molecule has 0 aliphatic carbocycles. The number of nitrogens with one attached hydrogen (secondary N) is 1. The summed E-state index contributed by atoms with van der Waals surface area (Å²) in [6, 6.07) is 5.76. The van der Waals surface area contributed by atoms with Crippen molar-refractivity contribution in [3.05, 3.63) is 52.0 Å². The Balaban J connectivity index is 1.83. The Morgan fingerprint density at radius 3 is 2.50 bits per heavy atom. The molecule has 1 amide bonds. The van der Waals surface area contributed by atoms with Crippen LogP contribution in [0.25, 0.3) is 0 Å². The summed E-state index contributed by atoms with van der Waals surface area (Å²) in [7, 11) is 3.22. The van der Waals surface area contributed by atoms with E-state index in [0.29, 0.717) is 23.7 Å². The molecule has 2 heterocycles. The van der Waals surface area contributed by atoms with Crippen molar-refractivity contribution in [2.45, 2.75) is 39.8 Å². The van der Waals surface area contributed by atoms with Gasteiger partial charge in [0, 0.05) is 6.20 Å². The molecule has 0 saturated heterocycles. The van der Waals surface area contributed by atoms with Gasteiger partial charge in [-0.25, -0.2) is 0 Å². The van der Waals surface area contributed by atoms with Crippen LogP contribution in [0.15, 0.2) is 35.1 Å². The van der Waals surface area contributed by atoms with Crippen LogP contribution < -0.4 is 14.8 Å². The second kappa shape index (κ2) is 8.51. The molecule has 1 N–H and O–H groups in total. The van der Waals surface area contributed by atoms with Crippen LogP contribution >= 0.6 is 15.9 Å². The van der Waals surface area contributed by atoms with Gasteiger partial charge in [0.25, 0.3) is 5.91 Å². The van der Waals surface area contributed by atoms with Crippen LogP contribution in [-0.4, -0.2) is 39.7 Å². The van der Waals surface area contributed by atoms with Gasteiger partial charge in [-0.15, -0.1) is 0 Å². The third-order valence-corrected chi connectivity index (χ3v) is 5.49. The standard InChI is InChI=1S/C21H26BrN5O3/c1-13-19(24-20(28)21(3,4)27-12-16(22)10-23-27)14(2)26(25-13)11-15-7-8-17(29-5)18(9-15)30-6/h7-10,12H,11H2,1-6H3,(H,24,28). The highest BCUT2D eigenvalue weighted by Gasteiger charge is 2.32. The summed E-state index contributed by atoms with van der Waals surface area (Å²) in [6.45, 7) is 8.00. The molecule has 2 aromatic heterocycles. The lowest BCUT2D eigenvalue weighted by molar-refractivity contribution is -0.123. The molecule has 30 heavy (non-hydrogen) atoms. The van der Waals surface area contributed by atoms with Gasteiger partial charge in [0.15, 0.2) is 11.5 Å². The zero-order chi connectivity index (χ0) is 22.1. The van der Waals surface area contributed by atoms with Crippen molar-refractivity contribution in [1.82, 2.24) is 19.6 Å². The summed E-state index contributed by atoms with van der Waals surface area (Å²) in [5.41, 5.74) is 2.47. The van der Waals surface area contributed by atoms with Gasteiger partial charge < -0.3 is 14.8 Å². The van der Waals surface area contributed by atoms with Gasteiger partial charge in [-0.05, 0) is 61.3 Å². The van der Waals surface area contributed by atoms with Crippen molar-refractivity contribution in [3.8, 4) is 11.5 Å². The van der Waals surface area contributed by atoms with E-state index in [0.717, 1.165) is 21.4 Å². The first kappa shape index (κ1) is 21.9. The first-order valence-corrected chi connectivity index (χ1v) is 10.2. The molecule has 8 nitrogen and oxygen atoms in total. The van der Waals surface area contributed by atoms with Crippen LogP contribution in [0.4, 0.5) is 5.69 Å². The number of halogens is 1. The summed E-state index contributed by atoms with van der Waals surface area (Å²) >= 11 is 3.37. The van der Waals surface area contributed by atoms with Crippen LogP contribution in [0, 0.1) is 13.8 Å². The molecule has 1 aromatic carbocycles. The third-order valence-electron chi connectivity index (χ3n) is 5.08. The number of nitrogens with zero attached hydrogens (tertiary/aromatic N) is 4. The Morgan fingerprint density at radius 2 is 1.90 bits per heavy atom. The zero-order valence-corrected chi connectivity index (χ0v) is 19.6. The highest BCUT2D eigenvalue weighted by atomic mass is 79.9. The molecule has 3 rings (SSSR count). The van der Waals surface area contributed by atoms with E-state index >= 15 is 0 Å². The van der Waals surface area contributed by atoms with Gasteiger partial charge in [0.2, 0.25) is 0 Å². The van der Waals surface area contributed by atoms with Gasteiger partial charge >= 0.3 is 0 Å². The van der Waals surface area contributed by atoms with Gasteiger partial charge in [0.1, 0.15) is 5.54 Å². The van der Waals surface area contributed by atoms with E-state index in [1.54, 1.807) is 31.3 Å². The molecule has 0 fully saturated rings. The fourth-order valence-corrected chi connectivity index (χ4v) is 3.45. The highest BCUT2D eigenvalue weighted by Crippen LogP contribution is 2.29. The molecular weight excluding hydrogens is 450 g/mol. The average Bonchev–Trinajstić information content (AvgIpc) is 3.27. The van der Waals surface area contributed by atoms with Gasteiger partial charge in [-0.2, -0.15) is 10.2 Å². The molecule has 0 unspecified atom stereocenters. The molecule has 3 aromatic rings. The molecule has 0 aliphatic rings. The molecule has 9 heteroatoms. The minimum Gasteiger partial charge on any atom is -0.493 e. The van der Waals surface area contributed by atoms with E-state index in [9.17, 15) is 4.79 Å². The quantitative estimate of drug-likeness (QED) is 0.560. The molecule has 0 bridgehead atoms. The van der Waals surface area contributed by atoms with E-state index in [-0.39, 0.29) is 5.91 Å². The largest absolute Gasteiger partial charge is 0.493 e. The van der Waals surface area contributed by atoms with Gasteiger partial charge in [-0.1, -0.05) is 6.07 Å². The Kier molecular flexibility index (Phi) is 6.21. The van der Waals surface area contributed by atoms with Crippen molar-refractivity contribution < 1.29 is 14.3 Å². The number of methoxy groups -OCH3 is 2. The third kappa shape index (κ3) is 4.21. The fraction of sp³-hybridized carbons (Fsp3) is 0.381. The minimum absolute atomic E-state index is 0.171. The molecule has 0 atom stereocenters. The number of aryl methyl sites for hydroxylation is 1. The minimum atomic E-state index is -0.865. The number of rotatable bonds is 7. The van der Waals surface area contributed by atoms with Gasteiger partial charge in [-0.3, -0.25) is 14.2 Å². The maximum absolute atomic E-state index is 13.0. The molecule has 0 saturated carbocycles. The smallest absolute Gasteiger partial charge is 0.251 e. The summed E-state index contributed by atoms with van der Waals surface area (Å²) in [5, 5.41) is 11.9. The van der Waals surface area contributed by atoms with Crippen molar-refractivity contribution in [1.29, 1.82) is 0 Å².